The number of amides is 1. The third kappa shape index (κ3) is 3.96. The van der Waals surface area contributed by atoms with Crippen molar-refractivity contribution in [3.8, 4) is 0 Å². The predicted octanol–water partition coefficient (Wildman–Crippen LogP) is -1.22. The first-order valence-corrected chi connectivity index (χ1v) is 4.54. The Bertz CT molecular complexity index is 636. The Morgan fingerprint density at radius 3 is 2.44 bits per heavy atom. The van der Waals surface area contributed by atoms with Crippen LogP contribution >= 0.6 is 0 Å². The lowest BCUT2D eigenvalue weighted by molar-refractivity contribution is 0.0995. The predicted molar refractivity (Wildman–Crippen MR) is 58.2 cm³/mol. The maximum atomic E-state index is 12.0. The van der Waals surface area contributed by atoms with E-state index in [2.05, 4.69) is 9.97 Å². The van der Waals surface area contributed by atoms with Crippen molar-refractivity contribution in [1.82, 2.24) is 19.9 Å². The van der Waals surface area contributed by atoms with Crippen molar-refractivity contribution in [1.29, 1.82) is 0 Å². The van der Waals surface area contributed by atoms with Crippen molar-refractivity contribution in [2.24, 2.45) is 5.73 Å². The highest BCUT2D eigenvalue weighted by atomic mass is 19.1. The number of nitrogens with two attached hydrogens (primary N) is 1. The number of hydrogen-bond donors (Lipinski definition) is 3. The molecule has 0 bridgehead atoms. The van der Waals surface area contributed by atoms with Crippen LogP contribution in [0.15, 0.2) is 34.4 Å². The van der Waals surface area contributed by atoms with Gasteiger partial charge in [-0.2, -0.15) is 4.39 Å². The zero-order valence-corrected chi connectivity index (χ0v) is 8.88. The third-order valence-corrected chi connectivity index (χ3v) is 1.59. The molecule has 0 fully saturated rings. The maximum Gasteiger partial charge on any atom is 0.325 e. The molecule has 0 spiro atoms. The topological polar surface area (TPSA) is 135 Å². The Balaban J connectivity index is 0.000000180. The summed E-state index contributed by atoms with van der Waals surface area (Å²) in [6.07, 6.45) is 4.93. The standard InChI is InChI=1S/C5H5N3O.C4H3FN2O2/c6-5(9)4-3-7-1-2-8-4;5-2-1-6-4(9)7-3(2)8/h1-3H,(H2,6,9);1H,(H2,6,7,8,9). The van der Waals surface area contributed by atoms with E-state index in [9.17, 15) is 18.8 Å². The van der Waals surface area contributed by atoms with Gasteiger partial charge in [0.2, 0.25) is 5.82 Å². The summed E-state index contributed by atoms with van der Waals surface area (Å²) in [5, 5.41) is 0. The molecule has 9 heteroatoms. The lowest BCUT2D eigenvalue weighted by Crippen LogP contribution is -2.23. The first-order chi connectivity index (χ1) is 8.50. The quantitative estimate of drug-likeness (QED) is 0.585. The molecule has 8 nitrogen and oxygen atoms in total. The van der Waals surface area contributed by atoms with Crippen molar-refractivity contribution >= 4 is 5.91 Å². The first kappa shape index (κ1) is 13.2. The number of aromatic amines is 2. The van der Waals surface area contributed by atoms with Crippen molar-refractivity contribution in [3.63, 3.8) is 0 Å². The van der Waals surface area contributed by atoms with E-state index in [-0.39, 0.29) is 5.69 Å². The summed E-state index contributed by atoms with van der Waals surface area (Å²) < 4.78 is 12.0. The fourth-order valence-corrected chi connectivity index (χ4v) is 0.820. The minimum atomic E-state index is -1.00. The van der Waals surface area contributed by atoms with Gasteiger partial charge in [0.25, 0.3) is 11.5 Å². The summed E-state index contributed by atoms with van der Waals surface area (Å²) in [5.41, 5.74) is 3.36. The first-order valence-electron chi connectivity index (χ1n) is 4.54. The zero-order valence-electron chi connectivity index (χ0n) is 8.88. The van der Waals surface area contributed by atoms with Crippen molar-refractivity contribution < 1.29 is 9.18 Å². The minimum Gasteiger partial charge on any atom is -0.364 e. The van der Waals surface area contributed by atoms with Gasteiger partial charge in [-0.15, -0.1) is 0 Å². The molecule has 94 valence electrons. The molecule has 0 aliphatic heterocycles. The van der Waals surface area contributed by atoms with E-state index in [0.717, 1.165) is 0 Å². The Morgan fingerprint density at radius 1 is 1.33 bits per heavy atom. The van der Waals surface area contributed by atoms with Gasteiger partial charge in [0.15, 0.2) is 0 Å². The van der Waals surface area contributed by atoms with E-state index >= 15 is 0 Å². The van der Waals surface area contributed by atoms with Crippen molar-refractivity contribution in [2.45, 2.75) is 0 Å². The van der Waals surface area contributed by atoms with E-state index in [1.54, 1.807) is 4.98 Å². The molecule has 2 aromatic rings. The molecule has 0 atom stereocenters. The normalized spacial score (nSPS) is 9.17. The largest absolute Gasteiger partial charge is 0.364 e. The number of nitrogens with zero attached hydrogens (tertiary/aromatic N) is 2. The van der Waals surface area contributed by atoms with Gasteiger partial charge < -0.3 is 10.7 Å². The molecule has 0 radical (unpaired) electrons. The second-order valence-corrected chi connectivity index (χ2v) is 2.87. The fourth-order valence-electron chi connectivity index (χ4n) is 0.820. The number of halogens is 1. The number of nitrogens with one attached hydrogen (secondary N) is 2. The van der Waals surface area contributed by atoms with Crippen LogP contribution in [0.5, 0.6) is 0 Å². The van der Waals surface area contributed by atoms with Gasteiger partial charge in [-0.1, -0.05) is 0 Å². The van der Waals surface area contributed by atoms with Gasteiger partial charge in [-0.05, 0) is 0 Å². The summed E-state index contributed by atoms with van der Waals surface area (Å²) in [5.74, 6) is -1.54. The molecular formula is C9H8FN5O3. The van der Waals surface area contributed by atoms with Crippen LogP contribution in [0.2, 0.25) is 0 Å². The van der Waals surface area contributed by atoms with Gasteiger partial charge in [-0.3, -0.25) is 19.6 Å². The fraction of sp³-hybridized carbons (Fsp3) is 0. The highest BCUT2D eigenvalue weighted by Gasteiger charge is 1.97. The molecular weight excluding hydrogens is 245 g/mol. The van der Waals surface area contributed by atoms with Crippen LogP contribution < -0.4 is 17.0 Å². The Labute approximate surface area is 98.7 Å². The second-order valence-electron chi connectivity index (χ2n) is 2.87. The highest BCUT2D eigenvalue weighted by molar-refractivity contribution is 5.90. The number of carbonyl (C=O) groups excluding carboxylic acids is 1. The van der Waals surface area contributed by atoms with Crippen LogP contribution in [0.3, 0.4) is 0 Å². The van der Waals surface area contributed by atoms with Gasteiger partial charge in [-0.25, -0.2) is 9.78 Å². The smallest absolute Gasteiger partial charge is 0.325 e. The Morgan fingerprint density at radius 2 is 2.06 bits per heavy atom. The second kappa shape index (κ2) is 6.03. The molecule has 2 heterocycles. The molecule has 0 saturated carbocycles. The van der Waals surface area contributed by atoms with Crippen LogP contribution in [-0.2, 0) is 0 Å². The molecule has 2 aromatic heterocycles. The van der Waals surface area contributed by atoms with Gasteiger partial charge >= 0.3 is 5.69 Å². The number of carbonyl (C=O) groups is 1. The van der Waals surface area contributed by atoms with Crippen LogP contribution in [0.25, 0.3) is 0 Å². The van der Waals surface area contributed by atoms with E-state index in [1.165, 1.54) is 18.6 Å². The van der Waals surface area contributed by atoms with Crippen molar-refractivity contribution in [3.05, 3.63) is 57.1 Å². The highest BCUT2D eigenvalue weighted by Crippen LogP contribution is 1.84. The number of primary amides is 1. The molecule has 0 aliphatic rings. The lowest BCUT2D eigenvalue weighted by Gasteiger charge is -1.87. The van der Waals surface area contributed by atoms with Crippen molar-refractivity contribution in [2.75, 3.05) is 0 Å². The average molecular weight is 253 g/mol. The average Bonchev–Trinajstić information content (AvgIpc) is 2.36. The Kier molecular flexibility index (Phi) is 4.43. The van der Waals surface area contributed by atoms with Gasteiger partial charge in [0.1, 0.15) is 5.69 Å². The summed E-state index contributed by atoms with van der Waals surface area (Å²) in [6, 6.07) is 0. The number of hydrogen-bond acceptors (Lipinski definition) is 5. The van der Waals surface area contributed by atoms with Crippen LogP contribution in [0, 0.1) is 5.82 Å². The third-order valence-electron chi connectivity index (χ3n) is 1.59. The zero-order chi connectivity index (χ0) is 13.5. The molecule has 0 aromatic carbocycles. The van der Waals surface area contributed by atoms with E-state index < -0.39 is 23.0 Å². The SMILES string of the molecule is NC(=O)c1cnccn1.O=c1[nH]cc(F)c(=O)[nH]1. The molecule has 2 rings (SSSR count). The molecule has 1 amide bonds. The van der Waals surface area contributed by atoms with E-state index in [4.69, 9.17) is 5.73 Å². The molecule has 0 aliphatic carbocycles. The molecule has 0 saturated heterocycles. The number of aromatic nitrogens is 4. The maximum absolute atomic E-state index is 12.0. The number of rotatable bonds is 1. The molecule has 4 N–H and O–H groups in total. The molecule has 0 unspecified atom stereocenters. The summed E-state index contributed by atoms with van der Waals surface area (Å²) >= 11 is 0. The summed E-state index contributed by atoms with van der Waals surface area (Å²) in [4.78, 5) is 41.6. The Hall–Kier alpha value is -2.84. The van der Waals surface area contributed by atoms with Crippen LogP contribution in [-0.4, -0.2) is 25.8 Å². The van der Waals surface area contributed by atoms with Gasteiger partial charge in [0, 0.05) is 18.6 Å². The number of H-pyrrole nitrogens is 2. The minimum absolute atomic E-state index is 0.192. The van der Waals surface area contributed by atoms with Crippen LogP contribution in [0.4, 0.5) is 4.39 Å². The lowest BCUT2D eigenvalue weighted by atomic mass is 10.4. The van der Waals surface area contributed by atoms with E-state index in [1.807, 2.05) is 4.98 Å². The summed E-state index contributed by atoms with van der Waals surface area (Å²) in [7, 11) is 0. The van der Waals surface area contributed by atoms with Gasteiger partial charge in [0.05, 0.1) is 6.20 Å². The monoisotopic (exact) mass is 253 g/mol. The van der Waals surface area contributed by atoms with E-state index in [0.29, 0.717) is 6.20 Å². The summed E-state index contributed by atoms with van der Waals surface area (Å²) in [6.45, 7) is 0. The molecule has 18 heavy (non-hydrogen) atoms. The van der Waals surface area contributed by atoms with Crippen LogP contribution in [0.1, 0.15) is 10.5 Å².